The molecule has 0 aliphatic carbocycles. The van der Waals surface area contributed by atoms with Gasteiger partial charge in [0.05, 0.1) is 40.6 Å². The molecule has 34 heavy (non-hydrogen) atoms. The molecule has 4 aromatic rings. The van der Waals surface area contributed by atoms with Gasteiger partial charge in [-0.3, -0.25) is 4.57 Å². The van der Waals surface area contributed by atoms with Crippen LogP contribution in [0.4, 0.5) is 4.79 Å². The Bertz CT molecular complexity index is 1500. The summed E-state index contributed by atoms with van der Waals surface area (Å²) in [5.41, 5.74) is 2.98. The van der Waals surface area contributed by atoms with E-state index in [-0.39, 0.29) is 17.8 Å². The Kier molecular flexibility index (Phi) is 5.12. The van der Waals surface area contributed by atoms with Gasteiger partial charge in [-0.2, -0.15) is 10.4 Å². The van der Waals surface area contributed by atoms with Crippen molar-refractivity contribution in [3.05, 3.63) is 52.7 Å². The van der Waals surface area contributed by atoms with Gasteiger partial charge in [-0.15, -0.1) is 0 Å². The number of aromatic nitrogens is 5. The Morgan fingerprint density at radius 2 is 2.12 bits per heavy atom. The molecule has 1 N–H and O–H groups in total. The number of hydrogen-bond donors (Lipinski definition) is 1. The molecule has 1 fully saturated rings. The van der Waals surface area contributed by atoms with E-state index in [1.54, 1.807) is 38.5 Å². The van der Waals surface area contributed by atoms with Crippen molar-refractivity contribution < 1.29 is 9.53 Å². The van der Waals surface area contributed by atoms with Crippen molar-refractivity contribution in [1.29, 1.82) is 5.26 Å². The molecule has 0 spiro atoms. The van der Waals surface area contributed by atoms with Crippen LogP contribution in [0.3, 0.4) is 0 Å². The first-order valence-corrected chi connectivity index (χ1v) is 11.2. The molecule has 0 saturated carbocycles. The first-order valence-electron chi connectivity index (χ1n) is 11.2. The Labute approximate surface area is 195 Å². The van der Waals surface area contributed by atoms with Crippen LogP contribution in [0.5, 0.6) is 0 Å². The monoisotopic (exact) mass is 459 g/mol. The molecule has 4 aromatic heterocycles. The average molecular weight is 460 g/mol. The van der Waals surface area contributed by atoms with Crippen LogP contribution in [0.2, 0.25) is 0 Å². The number of H-pyrrole nitrogens is 1. The third-order valence-corrected chi connectivity index (χ3v) is 5.90. The number of ether oxygens (including phenoxy) is 1. The summed E-state index contributed by atoms with van der Waals surface area (Å²) in [7, 11) is 0. The van der Waals surface area contributed by atoms with Gasteiger partial charge in [0.1, 0.15) is 5.60 Å². The fourth-order valence-electron chi connectivity index (χ4n) is 4.40. The number of nitrogens with zero attached hydrogens (tertiary/aromatic N) is 6. The van der Waals surface area contributed by atoms with E-state index in [0.29, 0.717) is 35.5 Å². The van der Waals surface area contributed by atoms with Crippen LogP contribution in [0.1, 0.15) is 45.2 Å². The minimum atomic E-state index is -0.585. The number of piperidine rings is 1. The van der Waals surface area contributed by atoms with Crippen molar-refractivity contribution in [2.45, 2.75) is 45.3 Å². The largest absolute Gasteiger partial charge is 0.444 e. The maximum atomic E-state index is 12.9. The normalized spacial score (nSPS) is 16.6. The minimum Gasteiger partial charge on any atom is -0.444 e. The molecule has 1 saturated heterocycles. The Morgan fingerprint density at radius 3 is 2.88 bits per heavy atom. The van der Waals surface area contributed by atoms with E-state index >= 15 is 0 Å². The zero-order chi connectivity index (χ0) is 24.0. The van der Waals surface area contributed by atoms with Crippen molar-refractivity contribution in [1.82, 2.24) is 29.0 Å². The zero-order valence-corrected chi connectivity index (χ0v) is 19.3. The maximum absolute atomic E-state index is 12.9. The number of imidazole rings is 1. The Morgan fingerprint density at radius 1 is 1.29 bits per heavy atom. The predicted octanol–water partition coefficient (Wildman–Crippen LogP) is 3.48. The number of hydrogen-bond acceptors (Lipinski definition) is 6. The van der Waals surface area contributed by atoms with Gasteiger partial charge >= 0.3 is 11.8 Å². The van der Waals surface area contributed by atoms with Crippen molar-refractivity contribution in [3.63, 3.8) is 0 Å². The second-order valence-corrected chi connectivity index (χ2v) is 9.51. The molecule has 0 bridgehead atoms. The van der Waals surface area contributed by atoms with E-state index in [9.17, 15) is 14.9 Å². The van der Waals surface area contributed by atoms with E-state index < -0.39 is 5.60 Å². The first kappa shape index (κ1) is 21.7. The summed E-state index contributed by atoms with van der Waals surface area (Å²) in [6.45, 7) is 6.46. The molecule has 1 unspecified atom stereocenters. The Balaban J connectivity index is 1.53. The van der Waals surface area contributed by atoms with Crippen LogP contribution in [0, 0.1) is 11.3 Å². The number of amides is 1. The number of fused-ring (bicyclic) bond motifs is 2. The van der Waals surface area contributed by atoms with Crippen molar-refractivity contribution in [2.75, 3.05) is 13.1 Å². The zero-order valence-electron chi connectivity index (χ0n) is 19.3. The lowest BCUT2D eigenvalue weighted by Crippen LogP contribution is -2.44. The second kappa shape index (κ2) is 8.02. The van der Waals surface area contributed by atoms with Gasteiger partial charge in [0.2, 0.25) is 0 Å². The summed E-state index contributed by atoms with van der Waals surface area (Å²) < 4.78 is 8.86. The quantitative estimate of drug-likeness (QED) is 0.490. The van der Waals surface area contributed by atoms with E-state index in [4.69, 9.17) is 9.72 Å². The van der Waals surface area contributed by atoms with Crippen LogP contribution < -0.4 is 5.69 Å². The van der Waals surface area contributed by atoms with E-state index in [1.807, 2.05) is 32.9 Å². The van der Waals surface area contributed by atoms with Crippen LogP contribution in [0.15, 0.2) is 41.5 Å². The molecule has 1 aliphatic rings. The van der Waals surface area contributed by atoms with Crippen LogP contribution in [-0.4, -0.2) is 53.8 Å². The SMILES string of the molecule is CC(C)(C)OC(=O)N1CCCC(n2c(=O)[nH]c3ccc(-c4cnn5ccc(C#N)cc45)nc32)C1. The minimum absolute atomic E-state index is 0.223. The number of aromatic amines is 1. The van der Waals surface area contributed by atoms with Gasteiger partial charge in [0.25, 0.3) is 0 Å². The van der Waals surface area contributed by atoms with Gasteiger partial charge in [-0.1, -0.05) is 0 Å². The van der Waals surface area contributed by atoms with Gasteiger partial charge in [-0.05, 0) is 57.9 Å². The van der Waals surface area contributed by atoms with Crippen molar-refractivity contribution in [3.8, 4) is 17.3 Å². The molecule has 10 nitrogen and oxygen atoms in total. The third-order valence-electron chi connectivity index (χ3n) is 5.90. The summed E-state index contributed by atoms with van der Waals surface area (Å²) in [6.07, 6.45) is 4.56. The molecule has 1 amide bonds. The molecule has 1 aliphatic heterocycles. The van der Waals surface area contributed by atoms with Crippen LogP contribution in [-0.2, 0) is 4.74 Å². The summed E-state index contributed by atoms with van der Waals surface area (Å²) in [5, 5.41) is 13.6. The van der Waals surface area contributed by atoms with E-state index in [0.717, 1.165) is 23.9 Å². The lowest BCUT2D eigenvalue weighted by atomic mass is 10.1. The topological polar surface area (TPSA) is 121 Å². The number of rotatable bonds is 2. The highest BCUT2D eigenvalue weighted by Crippen LogP contribution is 2.28. The smallest absolute Gasteiger partial charge is 0.410 e. The highest BCUT2D eigenvalue weighted by atomic mass is 16.6. The van der Waals surface area contributed by atoms with Crippen LogP contribution >= 0.6 is 0 Å². The molecule has 1 atom stereocenters. The maximum Gasteiger partial charge on any atom is 0.410 e. The number of carbonyl (C=O) groups excluding carboxylic acids is 1. The lowest BCUT2D eigenvalue weighted by molar-refractivity contribution is 0.0172. The number of nitrogens with one attached hydrogen (secondary N) is 1. The molecule has 5 rings (SSSR count). The highest BCUT2D eigenvalue weighted by Gasteiger charge is 2.30. The van der Waals surface area contributed by atoms with Gasteiger partial charge in [-0.25, -0.2) is 19.1 Å². The summed E-state index contributed by atoms with van der Waals surface area (Å²) in [4.78, 5) is 34.9. The third kappa shape index (κ3) is 3.90. The van der Waals surface area contributed by atoms with Gasteiger partial charge in [0.15, 0.2) is 5.65 Å². The summed E-state index contributed by atoms with van der Waals surface area (Å²) in [6, 6.07) is 9.03. The predicted molar refractivity (Wildman–Crippen MR) is 125 cm³/mol. The molecule has 0 radical (unpaired) electrons. The van der Waals surface area contributed by atoms with Gasteiger partial charge < -0.3 is 14.6 Å². The first-order chi connectivity index (χ1) is 16.2. The molecule has 0 aromatic carbocycles. The lowest BCUT2D eigenvalue weighted by Gasteiger charge is -2.34. The molecule has 174 valence electrons. The van der Waals surface area contributed by atoms with Crippen molar-refractivity contribution >= 4 is 22.8 Å². The Hall–Kier alpha value is -4.13. The highest BCUT2D eigenvalue weighted by molar-refractivity contribution is 5.82. The van der Waals surface area contributed by atoms with Gasteiger partial charge in [0, 0.05) is 24.8 Å². The second-order valence-electron chi connectivity index (χ2n) is 9.51. The number of carbonyl (C=O) groups is 1. The molecule has 10 heteroatoms. The number of nitriles is 1. The summed E-state index contributed by atoms with van der Waals surface area (Å²) in [5.74, 6) is 0. The van der Waals surface area contributed by atoms with E-state index in [2.05, 4.69) is 16.2 Å². The fourth-order valence-corrected chi connectivity index (χ4v) is 4.40. The standard InChI is InChI=1S/C24H25N7O3/c1-24(2,3)34-23(33)29-9-4-5-16(14-29)31-21-19(28-22(31)32)7-6-18(27-21)17-13-26-30-10-8-15(12-25)11-20(17)30/h6-8,10-11,13,16H,4-5,9,14H2,1-3H3,(H,28,32). The molecular weight excluding hydrogens is 434 g/mol. The fraction of sp³-hybridized carbons (Fsp3) is 0.375. The number of pyridine rings is 2. The molecular formula is C24H25N7O3. The van der Waals surface area contributed by atoms with Crippen molar-refractivity contribution in [2.24, 2.45) is 0 Å². The van der Waals surface area contributed by atoms with E-state index in [1.165, 1.54) is 0 Å². The molecule has 5 heterocycles. The van der Waals surface area contributed by atoms with Crippen LogP contribution in [0.25, 0.3) is 27.9 Å². The number of likely N-dealkylation sites (tertiary alicyclic amines) is 1. The summed E-state index contributed by atoms with van der Waals surface area (Å²) >= 11 is 0. The average Bonchev–Trinajstić information content (AvgIpc) is 3.37.